The molecule has 0 aliphatic heterocycles. The topological polar surface area (TPSA) is 29.9 Å². The van der Waals surface area contributed by atoms with Crippen molar-refractivity contribution in [2.45, 2.75) is 26.4 Å². The Morgan fingerprint density at radius 2 is 2.24 bits per heavy atom. The van der Waals surface area contributed by atoms with Crippen molar-refractivity contribution in [2.75, 3.05) is 5.32 Å². The van der Waals surface area contributed by atoms with Crippen LogP contribution in [0.2, 0.25) is 5.02 Å². The molecule has 0 spiro atoms. The van der Waals surface area contributed by atoms with E-state index in [9.17, 15) is 0 Å². The fourth-order valence-corrected chi connectivity index (χ4v) is 1.88. The molecule has 0 aliphatic rings. The standard InChI is InChI=1S/C13H16ClN3/c1-10(2)16-13-15-6-7-17(13)9-11-4-3-5-12(14)8-11/h3-8,10H,9H2,1-2H3,(H,15,16). The number of rotatable bonds is 4. The van der Waals surface area contributed by atoms with E-state index in [0.717, 1.165) is 17.5 Å². The predicted octanol–water partition coefficient (Wildman–Crippen LogP) is 3.41. The molecule has 0 unspecified atom stereocenters. The van der Waals surface area contributed by atoms with Crippen molar-refractivity contribution in [1.82, 2.24) is 9.55 Å². The first-order valence-corrected chi connectivity index (χ1v) is 6.05. The number of hydrogen-bond acceptors (Lipinski definition) is 2. The van der Waals surface area contributed by atoms with E-state index < -0.39 is 0 Å². The number of benzene rings is 1. The maximum atomic E-state index is 5.97. The molecule has 0 radical (unpaired) electrons. The SMILES string of the molecule is CC(C)Nc1nccn1Cc1cccc(Cl)c1. The number of halogens is 1. The second-order valence-corrected chi connectivity index (χ2v) is 4.74. The number of imidazole rings is 1. The lowest BCUT2D eigenvalue weighted by Gasteiger charge is -2.12. The Bertz CT molecular complexity index is 491. The molecule has 2 rings (SSSR count). The quantitative estimate of drug-likeness (QED) is 0.900. The smallest absolute Gasteiger partial charge is 0.203 e. The molecule has 1 aromatic carbocycles. The molecule has 3 nitrogen and oxygen atoms in total. The molecule has 2 aromatic rings. The van der Waals surface area contributed by atoms with Gasteiger partial charge in [-0.1, -0.05) is 23.7 Å². The van der Waals surface area contributed by atoms with Crippen LogP contribution in [0, 0.1) is 0 Å². The van der Waals surface area contributed by atoms with Crippen LogP contribution in [0.5, 0.6) is 0 Å². The van der Waals surface area contributed by atoms with Crippen molar-refractivity contribution in [2.24, 2.45) is 0 Å². The van der Waals surface area contributed by atoms with Crippen LogP contribution in [-0.4, -0.2) is 15.6 Å². The Balaban J connectivity index is 2.16. The molecule has 0 bridgehead atoms. The molecule has 1 heterocycles. The van der Waals surface area contributed by atoms with Gasteiger partial charge in [-0.3, -0.25) is 0 Å². The van der Waals surface area contributed by atoms with Gasteiger partial charge >= 0.3 is 0 Å². The van der Waals surface area contributed by atoms with E-state index in [1.807, 2.05) is 24.4 Å². The third-order valence-electron chi connectivity index (χ3n) is 2.38. The summed E-state index contributed by atoms with van der Waals surface area (Å²) in [5.74, 6) is 0.889. The Labute approximate surface area is 106 Å². The van der Waals surface area contributed by atoms with E-state index >= 15 is 0 Å². The first kappa shape index (κ1) is 12.0. The first-order chi connectivity index (χ1) is 8.15. The number of anilines is 1. The highest BCUT2D eigenvalue weighted by Crippen LogP contribution is 2.14. The van der Waals surface area contributed by atoms with Gasteiger partial charge in [0.25, 0.3) is 0 Å². The minimum Gasteiger partial charge on any atom is -0.353 e. The van der Waals surface area contributed by atoms with Crippen LogP contribution in [0.15, 0.2) is 36.7 Å². The molecule has 90 valence electrons. The molecule has 0 saturated heterocycles. The maximum Gasteiger partial charge on any atom is 0.203 e. The monoisotopic (exact) mass is 249 g/mol. The highest BCUT2D eigenvalue weighted by atomic mass is 35.5. The molecule has 0 fully saturated rings. The summed E-state index contributed by atoms with van der Waals surface area (Å²) in [6.07, 6.45) is 3.76. The number of nitrogens with zero attached hydrogens (tertiary/aromatic N) is 2. The number of nitrogens with one attached hydrogen (secondary N) is 1. The molecule has 1 N–H and O–H groups in total. The molecular formula is C13H16ClN3. The second kappa shape index (κ2) is 5.23. The van der Waals surface area contributed by atoms with Crippen LogP contribution >= 0.6 is 11.6 Å². The van der Waals surface area contributed by atoms with Gasteiger partial charge in [0.2, 0.25) is 5.95 Å². The molecule has 17 heavy (non-hydrogen) atoms. The molecule has 1 aromatic heterocycles. The lowest BCUT2D eigenvalue weighted by molar-refractivity contribution is 0.774. The summed E-state index contributed by atoms with van der Waals surface area (Å²) in [6, 6.07) is 8.25. The van der Waals surface area contributed by atoms with E-state index in [1.165, 1.54) is 5.56 Å². The van der Waals surface area contributed by atoms with E-state index in [-0.39, 0.29) is 0 Å². The van der Waals surface area contributed by atoms with Gasteiger partial charge in [0.05, 0.1) is 6.54 Å². The van der Waals surface area contributed by atoms with Gasteiger partial charge in [-0.05, 0) is 31.5 Å². The minimum atomic E-state index is 0.371. The number of aromatic nitrogens is 2. The second-order valence-electron chi connectivity index (χ2n) is 4.31. The number of hydrogen-bond donors (Lipinski definition) is 1. The zero-order valence-electron chi connectivity index (χ0n) is 10.0. The average Bonchev–Trinajstić information content (AvgIpc) is 2.65. The van der Waals surface area contributed by atoms with E-state index in [1.54, 1.807) is 6.20 Å². The van der Waals surface area contributed by atoms with Crippen LogP contribution < -0.4 is 5.32 Å². The van der Waals surface area contributed by atoms with Crippen molar-refractivity contribution >= 4 is 17.5 Å². The van der Waals surface area contributed by atoms with Crippen molar-refractivity contribution in [3.63, 3.8) is 0 Å². The Hall–Kier alpha value is -1.48. The summed E-state index contributed by atoms with van der Waals surface area (Å²) < 4.78 is 2.08. The predicted molar refractivity (Wildman–Crippen MR) is 71.5 cm³/mol. The summed E-state index contributed by atoms with van der Waals surface area (Å²) in [5.41, 5.74) is 1.17. The van der Waals surface area contributed by atoms with Gasteiger partial charge < -0.3 is 9.88 Å². The maximum absolute atomic E-state index is 5.97. The van der Waals surface area contributed by atoms with E-state index in [4.69, 9.17) is 11.6 Å². The lowest BCUT2D eigenvalue weighted by atomic mass is 10.2. The molecule has 0 aliphatic carbocycles. The highest BCUT2D eigenvalue weighted by Gasteiger charge is 2.04. The van der Waals surface area contributed by atoms with Crippen LogP contribution in [0.3, 0.4) is 0 Å². The summed E-state index contributed by atoms with van der Waals surface area (Å²) in [7, 11) is 0. The van der Waals surface area contributed by atoms with Crippen molar-refractivity contribution in [1.29, 1.82) is 0 Å². The van der Waals surface area contributed by atoms with E-state index in [2.05, 4.69) is 34.8 Å². The normalized spacial score (nSPS) is 10.8. The molecule has 0 amide bonds. The molecule has 4 heteroatoms. The highest BCUT2D eigenvalue weighted by molar-refractivity contribution is 6.30. The summed E-state index contributed by atoms with van der Waals surface area (Å²) >= 11 is 5.97. The summed E-state index contributed by atoms with van der Waals surface area (Å²) in [5, 5.41) is 4.07. The Morgan fingerprint density at radius 3 is 2.94 bits per heavy atom. The third kappa shape index (κ3) is 3.24. The molecule has 0 saturated carbocycles. The Morgan fingerprint density at radius 1 is 1.41 bits per heavy atom. The molecule has 0 atom stereocenters. The van der Waals surface area contributed by atoms with Crippen molar-refractivity contribution < 1.29 is 0 Å². The van der Waals surface area contributed by atoms with Gasteiger partial charge in [0, 0.05) is 23.5 Å². The van der Waals surface area contributed by atoms with Crippen LogP contribution in [0.25, 0.3) is 0 Å². The average molecular weight is 250 g/mol. The van der Waals surface area contributed by atoms with Gasteiger partial charge in [-0.2, -0.15) is 0 Å². The lowest BCUT2D eigenvalue weighted by Crippen LogP contribution is -2.14. The fraction of sp³-hybridized carbons (Fsp3) is 0.308. The zero-order chi connectivity index (χ0) is 12.3. The largest absolute Gasteiger partial charge is 0.353 e. The van der Waals surface area contributed by atoms with E-state index in [0.29, 0.717) is 6.04 Å². The first-order valence-electron chi connectivity index (χ1n) is 5.67. The summed E-state index contributed by atoms with van der Waals surface area (Å²) in [4.78, 5) is 4.29. The minimum absolute atomic E-state index is 0.371. The van der Waals surface area contributed by atoms with Crippen LogP contribution in [0.4, 0.5) is 5.95 Å². The van der Waals surface area contributed by atoms with Crippen molar-refractivity contribution in [3.8, 4) is 0 Å². The van der Waals surface area contributed by atoms with Gasteiger partial charge in [-0.25, -0.2) is 4.98 Å². The Kier molecular flexibility index (Phi) is 3.69. The zero-order valence-corrected chi connectivity index (χ0v) is 10.8. The molecular weight excluding hydrogens is 234 g/mol. The third-order valence-corrected chi connectivity index (χ3v) is 2.61. The van der Waals surface area contributed by atoms with Crippen LogP contribution in [-0.2, 0) is 6.54 Å². The van der Waals surface area contributed by atoms with Gasteiger partial charge in [0.15, 0.2) is 0 Å². The van der Waals surface area contributed by atoms with Gasteiger partial charge in [-0.15, -0.1) is 0 Å². The van der Waals surface area contributed by atoms with Crippen LogP contribution in [0.1, 0.15) is 19.4 Å². The summed E-state index contributed by atoms with van der Waals surface area (Å²) in [6.45, 7) is 4.96. The fourth-order valence-electron chi connectivity index (χ4n) is 1.67. The van der Waals surface area contributed by atoms with Gasteiger partial charge in [0.1, 0.15) is 0 Å². The van der Waals surface area contributed by atoms with Crippen molar-refractivity contribution in [3.05, 3.63) is 47.2 Å².